The summed E-state index contributed by atoms with van der Waals surface area (Å²) in [5, 5.41) is 84.6. The van der Waals surface area contributed by atoms with E-state index >= 15 is 0 Å². The molecule has 9 aliphatic rings. The molecule has 0 unspecified atom stereocenters. The zero-order valence-electron chi connectivity index (χ0n) is 34.6. The van der Waals surface area contributed by atoms with E-state index in [-0.39, 0.29) is 17.3 Å². The van der Waals surface area contributed by atoms with Gasteiger partial charge in [0.25, 0.3) is 0 Å². The molecule has 8 fully saturated rings. The number of ether oxygens (including phenoxy) is 8. The Labute approximate surface area is 346 Å². The molecule has 0 radical (unpaired) electrons. The van der Waals surface area contributed by atoms with Gasteiger partial charge >= 0.3 is 0 Å². The Morgan fingerprint density at radius 1 is 0.780 bits per heavy atom. The monoisotopic (exact) mass is 840 g/mol. The van der Waals surface area contributed by atoms with Gasteiger partial charge in [0.1, 0.15) is 54.4 Å². The molecule has 4 aliphatic carbocycles. The molecule has 0 aromatic carbocycles. The van der Waals surface area contributed by atoms with Crippen LogP contribution in [0.2, 0.25) is 0 Å². The number of fused-ring (bicyclic) bond motifs is 7. The van der Waals surface area contributed by atoms with Crippen LogP contribution in [0.1, 0.15) is 91.4 Å². The minimum absolute atomic E-state index is 0.0903. The van der Waals surface area contributed by atoms with E-state index in [0.29, 0.717) is 41.6 Å². The molecule has 5 saturated heterocycles. The van der Waals surface area contributed by atoms with Gasteiger partial charge in [-0.25, -0.2) is 0 Å². The zero-order valence-corrected chi connectivity index (χ0v) is 34.6. The molecule has 23 atom stereocenters. The van der Waals surface area contributed by atoms with Crippen molar-refractivity contribution in [2.45, 2.75) is 189 Å². The largest absolute Gasteiger partial charge is 0.393 e. The van der Waals surface area contributed by atoms with Crippen LogP contribution in [0.25, 0.3) is 0 Å². The Kier molecular flexibility index (Phi) is 12.2. The molecule has 16 nitrogen and oxygen atoms in total. The Morgan fingerprint density at radius 3 is 2.27 bits per heavy atom. The second-order valence-electron chi connectivity index (χ2n) is 20.1. The van der Waals surface area contributed by atoms with Gasteiger partial charge in [-0.2, -0.15) is 0 Å². The van der Waals surface area contributed by atoms with Gasteiger partial charge in [-0.05, 0) is 106 Å². The van der Waals surface area contributed by atoms with Crippen LogP contribution in [0.5, 0.6) is 0 Å². The molecule has 16 heteroatoms. The van der Waals surface area contributed by atoms with Crippen molar-refractivity contribution in [3.05, 3.63) is 11.6 Å². The molecule has 336 valence electrons. The van der Waals surface area contributed by atoms with E-state index in [9.17, 15) is 40.9 Å². The third-order valence-corrected chi connectivity index (χ3v) is 16.5. The zero-order chi connectivity index (χ0) is 41.6. The summed E-state index contributed by atoms with van der Waals surface area (Å²) in [4.78, 5) is 0. The van der Waals surface area contributed by atoms with Crippen LogP contribution in [0.4, 0.5) is 0 Å². The fourth-order valence-corrected chi connectivity index (χ4v) is 12.9. The first kappa shape index (κ1) is 43.4. The van der Waals surface area contributed by atoms with Gasteiger partial charge < -0.3 is 78.7 Å². The van der Waals surface area contributed by atoms with Crippen LogP contribution in [0.15, 0.2) is 11.6 Å². The first-order chi connectivity index (χ1) is 28.1. The Hall–Kier alpha value is -0.900. The number of hydrogen-bond donors (Lipinski definition) is 8. The van der Waals surface area contributed by atoms with Gasteiger partial charge in [0.2, 0.25) is 0 Å². The van der Waals surface area contributed by atoms with Gasteiger partial charge in [-0.3, -0.25) is 0 Å². The maximum atomic E-state index is 11.3. The van der Waals surface area contributed by atoms with Crippen molar-refractivity contribution in [1.82, 2.24) is 0 Å². The first-order valence-electron chi connectivity index (χ1n) is 22.4. The molecule has 3 saturated carbocycles. The van der Waals surface area contributed by atoms with E-state index in [1.165, 1.54) is 31.3 Å². The smallest absolute Gasteiger partial charge is 0.187 e. The van der Waals surface area contributed by atoms with E-state index in [4.69, 9.17) is 37.9 Å². The lowest BCUT2D eigenvalue weighted by atomic mass is 9.47. The van der Waals surface area contributed by atoms with Gasteiger partial charge in [0, 0.05) is 12.8 Å². The maximum Gasteiger partial charge on any atom is 0.187 e. The molecule has 5 heterocycles. The van der Waals surface area contributed by atoms with Gasteiger partial charge in [0.05, 0.1) is 44.7 Å². The molecule has 0 aromatic heterocycles. The van der Waals surface area contributed by atoms with E-state index in [1.807, 2.05) is 0 Å². The molecule has 5 aliphatic heterocycles. The lowest BCUT2D eigenvalue weighted by Gasteiger charge is -2.58. The number of rotatable bonds is 8. The molecule has 9 rings (SSSR count). The van der Waals surface area contributed by atoms with Crippen LogP contribution >= 0.6 is 0 Å². The van der Waals surface area contributed by atoms with Crippen molar-refractivity contribution < 1.29 is 78.7 Å². The third-order valence-electron chi connectivity index (χ3n) is 16.5. The van der Waals surface area contributed by atoms with Crippen LogP contribution in [0, 0.1) is 40.9 Å². The summed E-state index contributed by atoms with van der Waals surface area (Å²) in [6.07, 6.45) is -2.88. The molecular weight excluding hydrogens is 772 g/mol. The van der Waals surface area contributed by atoms with E-state index < -0.39 is 99.2 Å². The van der Waals surface area contributed by atoms with Crippen LogP contribution in [-0.2, 0) is 37.9 Å². The van der Waals surface area contributed by atoms with Crippen molar-refractivity contribution in [2.24, 2.45) is 40.9 Å². The fourth-order valence-electron chi connectivity index (χ4n) is 12.9. The Morgan fingerprint density at radius 2 is 1.53 bits per heavy atom. The molecule has 0 bridgehead atoms. The summed E-state index contributed by atoms with van der Waals surface area (Å²) >= 11 is 0. The normalized spacial score (nSPS) is 56.2. The summed E-state index contributed by atoms with van der Waals surface area (Å²) < 4.78 is 48.2. The molecule has 8 N–H and O–H groups in total. The highest BCUT2D eigenvalue weighted by molar-refractivity contribution is 5.25. The standard InChI is InChI=1S/C43H68O16/c1-20-10-13-43(54-16-20)15-27-25-6-8-28-26(24(25)7-9-29(27)59-43)5-4-22-14-23(11-12-41(22,28)3)56-38-35(49)33(47)36(21(2)55-38)58-39-34(48)32(46)31(45)30(57-39)17-52-40-37(50)42(51,18-44)19-53-40/h4,20-21,23-40,44-51H,5-19H2,1-3H3/t20-,21+,23+,24-,25-,26+,27-,28+,29+,30-,31-,32+,33+,34-,35-,36+,37+,38+,39+,40-,41+,42-,43-/m1/s1. The van der Waals surface area contributed by atoms with Crippen LogP contribution in [0.3, 0.4) is 0 Å². The fraction of sp³-hybridized carbons (Fsp3) is 0.953. The molecule has 1 spiro atoms. The first-order valence-corrected chi connectivity index (χ1v) is 22.4. The number of hydrogen-bond acceptors (Lipinski definition) is 16. The SMILES string of the molecule is C[C@@H]1CC[C@@]2(C[C@@H]3[C@@H]4CC[C@H]5[C@@H](CC=C6C[C@@H](O[C@@H]7O[C@@H](C)[C@H](O[C@@H]8O[C@H](CO[C@@H]9OC[C@](O)(CO)[C@H]9O)[C@@H](O)[C@H](O)[C@H]8O)[C@@H](O)[C@H]7O)CC[C@@]65C)[C@@H]4CC[C@@H]3O2)OC1. The topological polar surface area (TPSA) is 236 Å². The molecule has 0 aromatic rings. The predicted molar refractivity (Wildman–Crippen MR) is 204 cm³/mol. The molecule has 0 amide bonds. The number of allylic oxidation sites excluding steroid dienone is 1. The van der Waals surface area contributed by atoms with Gasteiger partial charge in [-0.15, -0.1) is 0 Å². The summed E-state index contributed by atoms with van der Waals surface area (Å²) in [6.45, 7) is 5.55. The van der Waals surface area contributed by atoms with Crippen molar-refractivity contribution in [3.63, 3.8) is 0 Å². The van der Waals surface area contributed by atoms with E-state index in [0.717, 1.165) is 51.6 Å². The van der Waals surface area contributed by atoms with Gasteiger partial charge in [0.15, 0.2) is 24.7 Å². The van der Waals surface area contributed by atoms with Crippen molar-refractivity contribution in [1.29, 1.82) is 0 Å². The quantitative estimate of drug-likeness (QED) is 0.124. The van der Waals surface area contributed by atoms with Crippen LogP contribution < -0.4 is 0 Å². The number of aliphatic hydroxyl groups is 8. The summed E-state index contributed by atoms with van der Waals surface area (Å²) in [6, 6.07) is 0. The van der Waals surface area contributed by atoms with Crippen molar-refractivity contribution in [2.75, 3.05) is 26.4 Å². The Balaban J connectivity index is 0.791. The van der Waals surface area contributed by atoms with Gasteiger partial charge in [-0.1, -0.05) is 25.5 Å². The summed E-state index contributed by atoms with van der Waals surface area (Å²) in [5.74, 6) is 3.55. The average Bonchev–Trinajstić information content (AvgIpc) is 3.74. The van der Waals surface area contributed by atoms with Crippen molar-refractivity contribution >= 4 is 0 Å². The van der Waals surface area contributed by atoms with E-state index in [2.05, 4.69) is 19.9 Å². The predicted octanol–water partition coefficient (Wildman–Crippen LogP) is 0.609. The van der Waals surface area contributed by atoms with Crippen LogP contribution in [-0.4, -0.2) is 165 Å². The van der Waals surface area contributed by atoms with E-state index in [1.54, 1.807) is 6.92 Å². The summed E-state index contributed by atoms with van der Waals surface area (Å²) in [5.41, 5.74) is -0.412. The Bertz CT molecular complexity index is 1510. The maximum absolute atomic E-state index is 11.3. The molecular formula is C43H68O16. The lowest BCUT2D eigenvalue weighted by molar-refractivity contribution is -0.361. The highest BCUT2D eigenvalue weighted by Gasteiger charge is 2.60. The lowest BCUT2D eigenvalue weighted by Crippen LogP contribution is -2.64. The molecule has 59 heavy (non-hydrogen) atoms. The minimum atomic E-state index is -1.93. The highest BCUT2D eigenvalue weighted by atomic mass is 16.8. The minimum Gasteiger partial charge on any atom is -0.393 e. The summed E-state index contributed by atoms with van der Waals surface area (Å²) in [7, 11) is 0. The number of aliphatic hydroxyl groups excluding tert-OH is 7. The van der Waals surface area contributed by atoms with Crippen molar-refractivity contribution in [3.8, 4) is 0 Å². The average molecular weight is 841 g/mol. The third kappa shape index (κ3) is 7.69. The highest BCUT2D eigenvalue weighted by Crippen LogP contribution is 2.64. The second-order valence-corrected chi connectivity index (χ2v) is 20.1. The second kappa shape index (κ2) is 16.6.